The number of benzene rings is 2. The zero-order valence-corrected chi connectivity index (χ0v) is 13.8. The van der Waals surface area contributed by atoms with Gasteiger partial charge in [-0.25, -0.2) is 4.79 Å². The lowest BCUT2D eigenvalue weighted by Gasteiger charge is -2.12. The maximum atomic E-state index is 11.5. The molecule has 0 fully saturated rings. The second-order valence-electron chi connectivity index (χ2n) is 3.90. The summed E-state index contributed by atoms with van der Waals surface area (Å²) in [7, 11) is 0. The molecule has 0 heterocycles. The molecule has 0 atom stereocenters. The fraction of sp³-hybridized carbons (Fsp3) is 0.133. The highest BCUT2D eigenvalue weighted by Crippen LogP contribution is 2.34. The number of thioether (sulfide) groups is 1. The molecule has 0 unspecified atom stereocenters. The van der Waals surface area contributed by atoms with Crippen LogP contribution in [0.2, 0.25) is 0 Å². The molecule has 2 aromatic rings. The third-order valence-corrected chi connectivity index (χ3v) is 4.39. The number of rotatable bonds is 5. The van der Waals surface area contributed by atoms with Gasteiger partial charge in [-0.05, 0) is 52.6 Å². The van der Waals surface area contributed by atoms with E-state index in [2.05, 4.69) is 22.6 Å². The molecular formula is C15H13IO3S. The van der Waals surface area contributed by atoms with E-state index in [0.29, 0.717) is 11.5 Å². The standard InChI is InChI=1S/C15H13IO3S/c1-2-20-13-9-5-8-12(14(13)15(17)18)19-11-7-4-3-6-10(11)16/h3-9H,2H2,1H3,(H,17,18). The molecule has 1 N–H and O–H groups in total. The number of para-hydroxylation sites is 1. The number of carboxylic acids is 1. The molecule has 5 heteroatoms. The number of aromatic carboxylic acids is 1. The van der Waals surface area contributed by atoms with Crippen molar-refractivity contribution in [3.05, 3.63) is 51.6 Å². The van der Waals surface area contributed by atoms with Crippen molar-refractivity contribution < 1.29 is 14.6 Å². The van der Waals surface area contributed by atoms with Gasteiger partial charge in [0.15, 0.2) is 0 Å². The van der Waals surface area contributed by atoms with Crippen LogP contribution in [0.1, 0.15) is 17.3 Å². The Morgan fingerprint density at radius 2 is 1.90 bits per heavy atom. The Hall–Kier alpha value is -1.21. The number of halogens is 1. The normalized spacial score (nSPS) is 10.3. The minimum absolute atomic E-state index is 0.221. The molecule has 0 aliphatic carbocycles. The summed E-state index contributed by atoms with van der Waals surface area (Å²) in [6.45, 7) is 1.99. The van der Waals surface area contributed by atoms with Crippen LogP contribution in [-0.2, 0) is 0 Å². The molecule has 2 rings (SSSR count). The quantitative estimate of drug-likeness (QED) is 0.573. The molecule has 0 aromatic heterocycles. The van der Waals surface area contributed by atoms with Crippen molar-refractivity contribution in [1.29, 1.82) is 0 Å². The van der Waals surface area contributed by atoms with E-state index in [4.69, 9.17) is 4.74 Å². The van der Waals surface area contributed by atoms with E-state index in [1.807, 2.05) is 37.3 Å². The molecule has 3 nitrogen and oxygen atoms in total. The van der Waals surface area contributed by atoms with Crippen molar-refractivity contribution in [2.75, 3.05) is 5.75 Å². The number of ether oxygens (including phenoxy) is 1. The topological polar surface area (TPSA) is 46.5 Å². The molecule has 0 bridgehead atoms. The summed E-state index contributed by atoms with van der Waals surface area (Å²) in [5, 5.41) is 9.43. The number of carbonyl (C=O) groups is 1. The van der Waals surface area contributed by atoms with Crippen molar-refractivity contribution in [1.82, 2.24) is 0 Å². The van der Waals surface area contributed by atoms with Crippen LogP contribution >= 0.6 is 34.4 Å². The van der Waals surface area contributed by atoms with Crippen molar-refractivity contribution in [3.8, 4) is 11.5 Å². The predicted molar refractivity (Wildman–Crippen MR) is 89.0 cm³/mol. The van der Waals surface area contributed by atoms with Gasteiger partial charge in [0.1, 0.15) is 17.1 Å². The van der Waals surface area contributed by atoms with Gasteiger partial charge in [0.05, 0.1) is 3.57 Å². The van der Waals surface area contributed by atoms with Crippen molar-refractivity contribution in [2.45, 2.75) is 11.8 Å². The highest BCUT2D eigenvalue weighted by Gasteiger charge is 2.17. The van der Waals surface area contributed by atoms with Crippen molar-refractivity contribution in [3.63, 3.8) is 0 Å². The molecule has 0 aliphatic rings. The molecule has 104 valence electrons. The summed E-state index contributed by atoms with van der Waals surface area (Å²) < 4.78 is 6.73. The summed E-state index contributed by atoms with van der Waals surface area (Å²) in [5.41, 5.74) is 0.221. The predicted octanol–water partition coefficient (Wildman–Crippen LogP) is 4.89. The second kappa shape index (κ2) is 6.99. The summed E-state index contributed by atoms with van der Waals surface area (Å²) in [5.74, 6) is 0.879. The molecule has 0 saturated carbocycles. The fourth-order valence-corrected chi connectivity index (χ4v) is 3.04. The van der Waals surface area contributed by atoms with Crippen LogP contribution in [0.4, 0.5) is 0 Å². The van der Waals surface area contributed by atoms with Crippen LogP contribution in [0.5, 0.6) is 11.5 Å². The van der Waals surface area contributed by atoms with Gasteiger partial charge < -0.3 is 9.84 Å². The molecule has 0 spiro atoms. The van der Waals surface area contributed by atoms with Crippen molar-refractivity contribution in [2.24, 2.45) is 0 Å². The largest absolute Gasteiger partial charge is 0.478 e. The Morgan fingerprint density at radius 1 is 1.20 bits per heavy atom. The highest BCUT2D eigenvalue weighted by atomic mass is 127. The molecule has 2 aromatic carbocycles. The Bertz CT molecular complexity index is 628. The maximum Gasteiger partial charge on any atom is 0.340 e. The van der Waals surface area contributed by atoms with Crippen LogP contribution in [0.25, 0.3) is 0 Å². The first kappa shape index (κ1) is 15.2. The fourth-order valence-electron chi connectivity index (χ4n) is 1.73. The van der Waals surface area contributed by atoms with E-state index >= 15 is 0 Å². The molecule has 0 radical (unpaired) electrons. The zero-order valence-electron chi connectivity index (χ0n) is 10.8. The van der Waals surface area contributed by atoms with Crippen LogP contribution < -0.4 is 4.74 Å². The van der Waals surface area contributed by atoms with Gasteiger partial charge >= 0.3 is 5.97 Å². The lowest BCUT2D eigenvalue weighted by atomic mass is 10.2. The Balaban J connectivity index is 2.44. The van der Waals surface area contributed by atoms with Gasteiger partial charge in [-0.2, -0.15) is 0 Å². The summed E-state index contributed by atoms with van der Waals surface area (Å²) >= 11 is 3.66. The van der Waals surface area contributed by atoms with E-state index < -0.39 is 5.97 Å². The van der Waals surface area contributed by atoms with E-state index in [-0.39, 0.29) is 5.56 Å². The van der Waals surface area contributed by atoms with Gasteiger partial charge in [0, 0.05) is 4.90 Å². The summed E-state index contributed by atoms with van der Waals surface area (Å²) in [6, 6.07) is 12.8. The lowest BCUT2D eigenvalue weighted by molar-refractivity contribution is 0.0690. The van der Waals surface area contributed by atoms with E-state index in [1.165, 1.54) is 11.8 Å². The molecular weight excluding hydrogens is 387 g/mol. The van der Waals surface area contributed by atoms with Gasteiger partial charge in [0.2, 0.25) is 0 Å². The number of hydrogen-bond acceptors (Lipinski definition) is 3. The highest BCUT2D eigenvalue weighted by molar-refractivity contribution is 14.1. The van der Waals surface area contributed by atoms with E-state index in [0.717, 1.165) is 14.2 Å². The van der Waals surface area contributed by atoms with E-state index in [9.17, 15) is 9.90 Å². The Kier molecular flexibility index (Phi) is 5.31. The van der Waals surface area contributed by atoms with Crippen LogP contribution in [-0.4, -0.2) is 16.8 Å². The number of carboxylic acid groups (broad SMARTS) is 1. The molecule has 0 aliphatic heterocycles. The van der Waals surface area contributed by atoms with Crippen LogP contribution in [0, 0.1) is 3.57 Å². The van der Waals surface area contributed by atoms with E-state index in [1.54, 1.807) is 12.1 Å². The average molecular weight is 400 g/mol. The smallest absolute Gasteiger partial charge is 0.340 e. The molecule has 20 heavy (non-hydrogen) atoms. The lowest BCUT2D eigenvalue weighted by Crippen LogP contribution is -2.03. The van der Waals surface area contributed by atoms with Gasteiger partial charge in [-0.1, -0.05) is 25.1 Å². The number of hydrogen-bond donors (Lipinski definition) is 1. The van der Waals surface area contributed by atoms with Gasteiger partial charge in [-0.3, -0.25) is 0 Å². The summed E-state index contributed by atoms with van der Waals surface area (Å²) in [4.78, 5) is 12.2. The van der Waals surface area contributed by atoms with Crippen molar-refractivity contribution >= 4 is 40.3 Å². The first-order chi connectivity index (χ1) is 9.63. The third kappa shape index (κ3) is 3.46. The molecule has 0 saturated heterocycles. The minimum Gasteiger partial charge on any atom is -0.478 e. The second-order valence-corrected chi connectivity index (χ2v) is 6.37. The third-order valence-electron chi connectivity index (χ3n) is 2.56. The first-order valence-corrected chi connectivity index (χ1v) is 8.11. The average Bonchev–Trinajstić information content (AvgIpc) is 2.41. The maximum absolute atomic E-state index is 11.5. The van der Waals surface area contributed by atoms with Gasteiger partial charge in [0.25, 0.3) is 0 Å². The first-order valence-electron chi connectivity index (χ1n) is 6.05. The van der Waals surface area contributed by atoms with Crippen LogP contribution in [0.3, 0.4) is 0 Å². The van der Waals surface area contributed by atoms with Crippen LogP contribution in [0.15, 0.2) is 47.4 Å². The Labute approximate surface area is 135 Å². The zero-order chi connectivity index (χ0) is 14.5. The minimum atomic E-state index is -0.970. The monoisotopic (exact) mass is 400 g/mol. The summed E-state index contributed by atoms with van der Waals surface area (Å²) in [6.07, 6.45) is 0. The SMILES string of the molecule is CCSc1cccc(Oc2ccccc2I)c1C(=O)O. The Morgan fingerprint density at radius 3 is 2.55 bits per heavy atom. The van der Waals surface area contributed by atoms with Gasteiger partial charge in [-0.15, -0.1) is 11.8 Å². The molecule has 0 amide bonds.